The van der Waals surface area contributed by atoms with Crippen LogP contribution in [0.25, 0.3) is 0 Å². The lowest BCUT2D eigenvalue weighted by Crippen LogP contribution is -2.48. The Morgan fingerprint density at radius 1 is 1.21 bits per heavy atom. The number of aryl methyl sites for hydroxylation is 3. The SMILES string of the molecule is Cc1cc(C(=O)NCC2CCCCN2CCn2nc3c(cc2=O)CCCC3)no1. The second-order valence-corrected chi connectivity index (χ2v) is 8.10. The van der Waals surface area contributed by atoms with Crippen molar-refractivity contribution in [3.63, 3.8) is 0 Å². The van der Waals surface area contributed by atoms with Gasteiger partial charge in [0, 0.05) is 31.3 Å². The molecule has 2 aromatic rings. The third-order valence-electron chi connectivity index (χ3n) is 5.98. The van der Waals surface area contributed by atoms with Crippen molar-refractivity contribution < 1.29 is 9.32 Å². The van der Waals surface area contributed by atoms with Gasteiger partial charge < -0.3 is 9.84 Å². The van der Waals surface area contributed by atoms with Crippen molar-refractivity contribution in [2.75, 3.05) is 19.6 Å². The molecule has 8 heteroatoms. The Hall–Kier alpha value is -2.48. The van der Waals surface area contributed by atoms with Crippen molar-refractivity contribution >= 4 is 5.91 Å². The minimum atomic E-state index is -0.208. The molecule has 0 bridgehead atoms. The molecular weight excluding hydrogens is 370 g/mol. The zero-order valence-corrected chi connectivity index (χ0v) is 17.0. The number of nitrogens with one attached hydrogen (secondary N) is 1. The van der Waals surface area contributed by atoms with Crippen LogP contribution in [-0.4, -0.2) is 51.4 Å². The number of fused-ring (bicyclic) bond motifs is 1. The number of hydrogen-bond donors (Lipinski definition) is 1. The van der Waals surface area contributed by atoms with Crippen LogP contribution < -0.4 is 10.9 Å². The highest BCUT2D eigenvalue weighted by atomic mass is 16.5. The summed E-state index contributed by atoms with van der Waals surface area (Å²) in [6.07, 6.45) is 7.55. The largest absolute Gasteiger partial charge is 0.361 e. The number of nitrogens with zero attached hydrogens (tertiary/aromatic N) is 4. The predicted octanol–water partition coefficient (Wildman–Crippen LogP) is 1.70. The van der Waals surface area contributed by atoms with Gasteiger partial charge in [-0.05, 0) is 57.6 Å². The summed E-state index contributed by atoms with van der Waals surface area (Å²) in [6, 6.07) is 3.67. The summed E-state index contributed by atoms with van der Waals surface area (Å²) in [4.78, 5) is 27.1. The molecule has 1 N–H and O–H groups in total. The van der Waals surface area contributed by atoms with Gasteiger partial charge in [-0.15, -0.1) is 0 Å². The second-order valence-electron chi connectivity index (χ2n) is 8.10. The molecular formula is C21H29N5O3. The number of hydrogen-bond acceptors (Lipinski definition) is 6. The van der Waals surface area contributed by atoms with Crippen LogP contribution in [0, 0.1) is 6.92 Å². The number of carbonyl (C=O) groups is 1. The molecule has 0 spiro atoms. The van der Waals surface area contributed by atoms with Crippen LogP contribution in [0.4, 0.5) is 0 Å². The standard InChI is InChI=1S/C21H29N5O3/c1-15-12-19(24-29-15)21(28)22-14-17-7-4-5-9-25(17)10-11-26-20(27)13-16-6-2-3-8-18(16)23-26/h12-13,17H,2-11,14H2,1H3,(H,22,28). The number of aromatic nitrogens is 3. The first kappa shape index (κ1) is 19.8. The summed E-state index contributed by atoms with van der Waals surface area (Å²) in [5.41, 5.74) is 2.52. The first-order valence-electron chi connectivity index (χ1n) is 10.7. The molecule has 0 saturated carbocycles. The van der Waals surface area contributed by atoms with Gasteiger partial charge in [-0.25, -0.2) is 4.68 Å². The van der Waals surface area contributed by atoms with Crippen molar-refractivity contribution in [1.82, 2.24) is 25.2 Å². The molecule has 1 fully saturated rings. The maximum atomic E-state index is 12.4. The highest BCUT2D eigenvalue weighted by Gasteiger charge is 2.24. The minimum Gasteiger partial charge on any atom is -0.361 e. The maximum Gasteiger partial charge on any atom is 0.273 e. The molecule has 0 aromatic carbocycles. The highest BCUT2D eigenvalue weighted by Crippen LogP contribution is 2.18. The molecule has 8 nitrogen and oxygen atoms in total. The Balaban J connectivity index is 1.35. The van der Waals surface area contributed by atoms with Crippen LogP contribution in [-0.2, 0) is 19.4 Å². The Bertz CT molecular complexity index is 919. The van der Waals surface area contributed by atoms with Crippen molar-refractivity contribution in [3.8, 4) is 0 Å². The fourth-order valence-electron chi connectivity index (χ4n) is 4.34. The van der Waals surface area contributed by atoms with E-state index in [4.69, 9.17) is 4.52 Å². The summed E-state index contributed by atoms with van der Waals surface area (Å²) in [7, 11) is 0. The molecule has 1 aliphatic heterocycles. The summed E-state index contributed by atoms with van der Waals surface area (Å²) >= 11 is 0. The number of rotatable bonds is 6. The second kappa shape index (κ2) is 8.90. The van der Waals surface area contributed by atoms with Gasteiger partial charge in [0.1, 0.15) is 5.76 Å². The molecule has 1 amide bonds. The van der Waals surface area contributed by atoms with E-state index >= 15 is 0 Å². The smallest absolute Gasteiger partial charge is 0.273 e. The zero-order valence-electron chi connectivity index (χ0n) is 17.0. The Morgan fingerprint density at radius 2 is 2.07 bits per heavy atom. The molecule has 0 radical (unpaired) electrons. The van der Waals surface area contributed by atoms with E-state index in [-0.39, 0.29) is 17.5 Å². The normalized spacial score (nSPS) is 19.7. The van der Waals surface area contributed by atoms with E-state index in [0.29, 0.717) is 24.5 Å². The van der Waals surface area contributed by atoms with Crippen molar-refractivity contribution in [2.45, 2.75) is 64.5 Å². The van der Waals surface area contributed by atoms with Crippen LogP contribution in [0.3, 0.4) is 0 Å². The lowest BCUT2D eigenvalue weighted by molar-refractivity contribution is 0.0900. The van der Waals surface area contributed by atoms with Crippen LogP contribution >= 0.6 is 0 Å². The van der Waals surface area contributed by atoms with E-state index in [2.05, 4.69) is 20.5 Å². The fourth-order valence-corrected chi connectivity index (χ4v) is 4.34. The van der Waals surface area contributed by atoms with Gasteiger partial charge in [0.15, 0.2) is 5.69 Å². The van der Waals surface area contributed by atoms with E-state index in [1.807, 2.05) is 0 Å². The summed E-state index contributed by atoms with van der Waals surface area (Å²) in [5.74, 6) is 0.414. The molecule has 1 aliphatic carbocycles. The van der Waals surface area contributed by atoms with Crippen molar-refractivity contribution in [3.05, 3.63) is 45.2 Å². The number of amides is 1. The molecule has 2 aliphatic rings. The van der Waals surface area contributed by atoms with Crippen molar-refractivity contribution in [2.24, 2.45) is 0 Å². The molecule has 156 valence electrons. The van der Waals surface area contributed by atoms with Crippen LogP contribution in [0.15, 0.2) is 21.5 Å². The first-order valence-corrected chi connectivity index (χ1v) is 10.7. The third kappa shape index (κ3) is 4.75. The first-order chi connectivity index (χ1) is 14.1. The van der Waals surface area contributed by atoms with Crippen molar-refractivity contribution in [1.29, 1.82) is 0 Å². The highest BCUT2D eigenvalue weighted by molar-refractivity contribution is 5.92. The van der Waals surface area contributed by atoms with E-state index in [1.165, 1.54) is 0 Å². The molecule has 1 saturated heterocycles. The lowest BCUT2D eigenvalue weighted by atomic mass is 9.97. The summed E-state index contributed by atoms with van der Waals surface area (Å²) in [6.45, 7) is 4.65. The fraction of sp³-hybridized carbons (Fsp3) is 0.619. The van der Waals surface area contributed by atoms with Crippen LogP contribution in [0.1, 0.15) is 59.6 Å². The van der Waals surface area contributed by atoms with E-state index in [0.717, 1.165) is 69.3 Å². The van der Waals surface area contributed by atoms with Gasteiger partial charge >= 0.3 is 0 Å². The summed E-state index contributed by atoms with van der Waals surface area (Å²) < 4.78 is 6.59. The molecule has 1 atom stereocenters. The van der Waals surface area contributed by atoms with Gasteiger partial charge in [0.05, 0.1) is 12.2 Å². The molecule has 29 heavy (non-hydrogen) atoms. The Morgan fingerprint density at radius 3 is 2.90 bits per heavy atom. The van der Waals surface area contributed by atoms with Crippen LogP contribution in [0.2, 0.25) is 0 Å². The van der Waals surface area contributed by atoms with Gasteiger partial charge in [-0.1, -0.05) is 11.6 Å². The number of likely N-dealkylation sites (tertiary alicyclic amines) is 1. The predicted molar refractivity (Wildman–Crippen MR) is 108 cm³/mol. The minimum absolute atomic E-state index is 0.00564. The van der Waals surface area contributed by atoms with Gasteiger partial charge in [-0.3, -0.25) is 14.5 Å². The topological polar surface area (TPSA) is 93.3 Å². The van der Waals surface area contributed by atoms with E-state index < -0.39 is 0 Å². The monoisotopic (exact) mass is 399 g/mol. The van der Waals surface area contributed by atoms with E-state index in [1.54, 1.807) is 23.7 Å². The van der Waals surface area contributed by atoms with Gasteiger partial charge in [0.25, 0.3) is 11.5 Å². The quantitative estimate of drug-likeness (QED) is 0.795. The average Bonchev–Trinajstić information content (AvgIpc) is 3.17. The van der Waals surface area contributed by atoms with Gasteiger partial charge in [0.2, 0.25) is 0 Å². The molecule has 4 rings (SSSR count). The van der Waals surface area contributed by atoms with Gasteiger partial charge in [-0.2, -0.15) is 5.10 Å². The third-order valence-corrected chi connectivity index (χ3v) is 5.98. The zero-order chi connectivity index (χ0) is 20.2. The summed E-state index contributed by atoms with van der Waals surface area (Å²) in [5, 5.41) is 11.4. The molecule has 3 heterocycles. The average molecular weight is 399 g/mol. The maximum absolute atomic E-state index is 12.4. The lowest BCUT2D eigenvalue weighted by Gasteiger charge is -2.35. The Labute approximate surface area is 170 Å². The molecule has 2 aromatic heterocycles. The van der Waals surface area contributed by atoms with E-state index in [9.17, 15) is 9.59 Å². The Kier molecular flexibility index (Phi) is 6.08. The number of carbonyl (C=O) groups excluding carboxylic acids is 1. The number of piperidine rings is 1. The van der Waals surface area contributed by atoms with Crippen LogP contribution in [0.5, 0.6) is 0 Å². The molecule has 1 unspecified atom stereocenters.